The minimum absolute atomic E-state index is 0.107. The van der Waals surface area contributed by atoms with Crippen LogP contribution in [0.25, 0.3) is 0 Å². The van der Waals surface area contributed by atoms with Crippen molar-refractivity contribution in [3.05, 3.63) is 142 Å². The van der Waals surface area contributed by atoms with Crippen LogP contribution in [-0.2, 0) is 33.6 Å². The molecule has 0 fully saturated rings. The molecule has 0 unspecified atom stereocenters. The molecule has 4 N–H and O–H groups in total. The summed E-state index contributed by atoms with van der Waals surface area (Å²) in [4.78, 5) is 55.3. The van der Waals surface area contributed by atoms with Crippen LogP contribution in [0, 0.1) is 20.8 Å². The number of carbonyl (C=O) groups is 5. The van der Waals surface area contributed by atoms with Gasteiger partial charge in [-0.2, -0.15) is 0 Å². The maximum Gasteiger partial charge on any atom is 0.167 e. The molecule has 7 nitrogen and oxygen atoms in total. The van der Waals surface area contributed by atoms with Crippen molar-refractivity contribution >= 4 is 28.9 Å². The normalized spacial score (nSPS) is 9.53. The summed E-state index contributed by atoms with van der Waals surface area (Å²) in [7, 11) is 0. The number of hydrogen-bond acceptors (Lipinski definition) is 7. The van der Waals surface area contributed by atoms with Gasteiger partial charge in [-0.15, -0.1) is 0 Å². The smallest absolute Gasteiger partial charge is 0.167 e. The topological polar surface area (TPSA) is 137 Å². The van der Waals surface area contributed by atoms with E-state index in [0.717, 1.165) is 38.9 Å². The monoisotopic (exact) mass is 694 g/mol. The summed E-state index contributed by atoms with van der Waals surface area (Å²) in [6.07, 6.45) is 2.18. The number of aryl methyl sites for hydroxylation is 3. The number of ketones is 5. The van der Waals surface area contributed by atoms with E-state index in [1.54, 1.807) is 0 Å². The van der Waals surface area contributed by atoms with Crippen LogP contribution < -0.4 is 11.5 Å². The third-order valence-electron chi connectivity index (χ3n) is 6.87. The van der Waals surface area contributed by atoms with E-state index < -0.39 is 0 Å². The zero-order valence-electron chi connectivity index (χ0n) is 31.9. The largest absolute Gasteiger partial charge is 0.330 e. The maximum absolute atomic E-state index is 12.2. The Morgan fingerprint density at radius 1 is 0.490 bits per heavy atom. The van der Waals surface area contributed by atoms with E-state index in [2.05, 4.69) is 0 Å². The van der Waals surface area contributed by atoms with Crippen LogP contribution in [0.3, 0.4) is 0 Å². The molecule has 0 aliphatic rings. The SMILES string of the molecule is CC.CC(=O)CCN.CC(C)=O.Cc1ccc(CC(=O)c2cccc(C)c2)cc1.Cc1cccc(C(=O)Cc2ccc(CC(=O)CCN)cc2)c1. The predicted octanol–water partition coefficient (Wildman–Crippen LogP) is 8.16. The van der Waals surface area contributed by atoms with Crippen LogP contribution in [0.4, 0.5) is 0 Å². The molecule has 0 aromatic heterocycles. The first-order valence-electron chi connectivity index (χ1n) is 17.5. The van der Waals surface area contributed by atoms with Crippen molar-refractivity contribution in [2.45, 2.75) is 87.5 Å². The lowest BCUT2D eigenvalue weighted by molar-refractivity contribution is -0.118. The molecule has 7 heteroatoms. The van der Waals surface area contributed by atoms with Crippen LogP contribution in [0.2, 0.25) is 0 Å². The van der Waals surface area contributed by atoms with Gasteiger partial charge in [-0.1, -0.05) is 115 Å². The Kier molecular flexibility index (Phi) is 24.4. The van der Waals surface area contributed by atoms with E-state index in [1.807, 2.05) is 132 Å². The second-order valence-corrected chi connectivity index (χ2v) is 12.1. The van der Waals surface area contributed by atoms with Gasteiger partial charge in [-0.05, 0) is 83.5 Å². The number of nitrogens with two attached hydrogens (primary N) is 2. The third kappa shape index (κ3) is 22.5. The minimum atomic E-state index is 0.107. The highest BCUT2D eigenvalue weighted by Crippen LogP contribution is 2.13. The fourth-order valence-electron chi connectivity index (χ4n) is 4.37. The van der Waals surface area contributed by atoms with Gasteiger partial charge in [0, 0.05) is 43.2 Å². The Balaban J connectivity index is 0.000000759. The molecule has 51 heavy (non-hydrogen) atoms. The first-order chi connectivity index (χ1) is 24.2. The molecule has 0 atom stereocenters. The van der Waals surface area contributed by atoms with Gasteiger partial charge < -0.3 is 16.3 Å². The van der Waals surface area contributed by atoms with Gasteiger partial charge in [0.05, 0.1) is 0 Å². The zero-order valence-corrected chi connectivity index (χ0v) is 31.9. The van der Waals surface area contributed by atoms with Crippen molar-refractivity contribution in [2.24, 2.45) is 11.5 Å². The Bertz CT molecular complexity index is 1640. The molecule has 0 aliphatic heterocycles. The second-order valence-electron chi connectivity index (χ2n) is 12.1. The van der Waals surface area contributed by atoms with Crippen molar-refractivity contribution in [1.82, 2.24) is 0 Å². The average Bonchev–Trinajstić information content (AvgIpc) is 3.08. The lowest BCUT2D eigenvalue weighted by Gasteiger charge is -2.05. The molecular weight excluding hydrogens is 636 g/mol. The zero-order chi connectivity index (χ0) is 38.8. The summed E-state index contributed by atoms with van der Waals surface area (Å²) in [5, 5.41) is 0. The molecule has 4 aromatic rings. The summed E-state index contributed by atoms with van der Waals surface area (Å²) in [6.45, 7) is 15.5. The Labute approximate surface area is 305 Å². The number of benzene rings is 4. The van der Waals surface area contributed by atoms with Gasteiger partial charge in [0.15, 0.2) is 11.6 Å². The van der Waals surface area contributed by atoms with Crippen LogP contribution >= 0.6 is 0 Å². The van der Waals surface area contributed by atoms with Crippen molar-refractivity contribution in [3.8, 4) is 0 Å². The minimum Gasteiger partial charge on any atom is -0.330 e. The molecule has 0 aliphatic carbocycles. The lowest BCUT2D eigenvalue weighted by Crippen LogP contribution is -2.10. The lowest BCUT2D eigenvalue weighted by atomic mass is 9.99. The fourth-order valence-corrected chi connectivity index (χ4v) is 4.37. The van der Waals surface area contributed by atoms with Crippen LogP contribution in [-0.4, -0.2) is 42.0 Å². The highest BCUT2D eigenvalue weighted by Gasteiger charge is 2.09. The van der Waals surface area contributed by atoms with E-state index in [1.165, 1.54) is 26.3 Å². The highest BCUT2D eigenvalue weighted by molar-refractivity contribution is 5.98. The van der Waals surface area contributed by atoms with Crippen molar-refractivity contribution in [1.29, 1.82) is 0 Å². The molecule has 0 bridgehead atoms. The first kappa shape index (κ1) is 46.2. The Morgan fingerprint density at radius 2 is 0.843 bits per heavy atom. The predicted molar refractivity (Wildman–Crippen MR) is 210 cm³/mol. The molecule has 274 valence electrons. The van der Waals surface area contributed by atoms with Crippen molar-refractivity contribution in [3.63, 3.8) is 0 Å². The maximum atomic E-state index is 12.2. The summed E-state index contributed by atoms with van der Waals surface area (Å²) < 4.78 is 0. The fraction of sp³-hybridized carbons (Fsp3) is 0.341. The van der Waals surface area contributed by atoms with Gasteiger partial charge in [-0.25, -0.2) is 0 Å². The summed E-state index contributed by atoms with van der Waals surface area (Å²) in [5.41, 5.74) is 18.3. The molecule has 4 rings (SSSR count). The molecule has 0 radical (unpaired) electrons. The van der Waals surface area contributed by atoms with Gasteiger partial charge >= 0.3 is 0 Å². The highest BCUT2D eigenvalue weighted by atomic mass is 16.1. The molecule has 0 amide bonds. The molecular formula is C44H58N2O5. The quantitative estimate of drug-likeness (QED) is 0.143. The Hall–Kier alpha value is -4.85. The van der Waals surface area contributed by atoms with E-state index in [4.69, 9.17) is 11.5 Å². The van der Waals surface area contributed by atoms with Crippen LogP contribution in [0.1, 0.15) is 102 Å². The molecule has 0 heterocycles. The van der Waals surface area contributed by atoms with Gasteiger partial charge in [0.1, 0.15) is 17.3 Å². The van der Waals surface area contributed by atoms with Gasteiger partial charge in [-0.3, -0.25) is 19.2 Å². The van der Waals surface area contributed by atoms with E-state index >= 15 is 0 Å². The van der Waals surface area contributed by atoms with Crippen LogP contribution in [0.15, 0.2) is 97.1 Å². The van der Waals surface area contributed by atoms with Gasteiger partial charge in [0.25, 0.3) is 0 Å². The third-order valence-corrected chi connectivity index (χ3v) is 6.87. The number of carbonyl (C=O) groups excluding carboxylic acids is 5. The summed E-state index contributed by atoms with van der Waals surface area (Å²) in [5.74, 6) is 0.761. The number of hydrogen-bond donors (Lipinski definition) is 2. The summed E-state index contributed by atoms with van der Waals surface area (Å²) >= 11 is 0. The summed E-state index contributed by atoms with van der Waals surface area (Å²) in [6, 6.07) is 31.1. The van der Waals surface area contributed by atoms with E-state index in [-0.39, 0.29) is 28.9 Å². The number of Topliss-reactive ketones (excluding diaryl/α,β-unsaturated/α-hetero) is 5. The second kappa shape index (κ2) is 26.9. The standard InChI is InChI=1S/C19H21NO2.C16H16O.C4H9NO.C3H6O.C2H6/c1-14-3-2-4-17(11-14)19(22)13-16-7-5-15(6-8-16)12-18(21)9-10-20;1-12-6-8-14(9-7-12)11-16(17)15-5-3-4-13(2)10-15;1-4(6)2-3-5;1-3(2)4;1-2/h2-8,11H,9-10,12-13,20H2,1H3;3-10H,11H2,1-2H3;2-3,5H2,1H3;1-2H3;1-2H3. The van der Waals surface area contributed by atoms with E-state index in [0.29, 0.717) is 45.2 Å². The number of rotatable bonds is 12. The molecule has 0 saturated carbocycles. The van der Waals surface area contributed by atoms with Crippen LogP contribution in [0.5, 0.6) is 0 Å². The molecule has 0 saturated heterocycles. The van der Waals surface area contributed by atoms with Crippen molar-refractivity contribution < 1.29 is 24.0 Å². The first-order valence-corrected chi connectivity index (χ1v) is 17.5. The van der Waals surface area contributed by atoms with Crippen molar-refractivity contribution in [2.75, 3.05) is 13.1 Å². The van der Waals surface area contributed by atoms with E-state index in [9.17, 15) is 24.0 Å². The Morgan fingerprint density at radius 3 is 1.16 bits per heavy atom. The van der Waals surface area contributed by atoms with Gasteiger partial charge in [0.2, 0.25) is 0 Å². The molecule has 0 spiro atoms. The molecule has 4 aromatic carbocycles. The average molecular weight is 695 g/mol.